The number of aryl methyl sites for hydroxylation is 2. The first-order chi connectivity index (χ1) is 10.2. The van der Waals surface area contributed by atoms with Crippen LogP contribution in [0.3, 0.4) is 0 Å². The van der Waals surface area contributed by atoms with Gasteiger partial charge >= 0.3 is 0 Å². The minimum atomic E-state index is 0.358. The minimum absolute atomic E-state index is 0.358. The fourth-order valence-corrected chi connectivity index (χ4v) is 2.33. The maximum atomic E-state index is 5.83. The Balaban J connectivity index is 1.82. The highest BCUT2D eigenvalue weighted by Gasteiger charge is 2.11. The van der Waals surface area contributed by atoms with Crippen molar-refractivity contribution in [1.82, 2.24) is 20.3 Å². The van der Waals surface area contributed by atoms with Gasteiger partial charge in [0.2, 0.25) is 0 Å². The minimum Gasteiger partial charge on any atom is -0.494 e. The van der Waals surface area contributed by atoms with Gasteiger partial charge in [0.15, 0.2) is 0 Å². The highest BCUT2D eigenvalue weighted by molar-refractivity contribution is 5.27. The summed E-state index contributed by atoms with van der Waals surface area (Å²) >= 11 is 0. The Morgan fingerprint density at radius 2 is 2.24 bits per heavy atom. The summed E-state index contributed by atoms with van der Waals surface area (Å²) in [6, 6.07) is 8.51. The normalized spacial score (nSPS) is 12.3. The van der Waals surface area contributed by atoms with Crippen LogP contribution in [0.15, 0.2) is 30.5 Å². The Hall–Kier alpha value is -1.88. The summed E-state index contributed by atoms with van der Waals surface area (Å²) in [5.41, 5.74) is 2.23. The summed E-state index contributed by atoms with van der Waals surface area (Å²) in [5.74, 6) is 0.935. The van der Waals surface area contributed by atoms with E-state index in [1.807, 2.05) is 25.4 Å². The second-order valence-electron chi connectivity index (χ2n) is 5.30. The lowest BCUT2D eigenvalue weighted by Crippen LogP contribution is -2.32. The second-order valence-corrected chi connectivity index (χ2v) is 5.30. The Labute approximate surface area is 126 Å². The van der Waals surface area contributed by atoms with Gasteiger partial charge in [-0.2, -0.15) is 0 Å². The maximum absolute atomic E-state index is 5.83. The van der Waals surface area contributed by atoms with Crippen LogP contribution in [0.1, 0.15) is 24.6 Å². The van der Waals surface area contributed by atoms with E-state index in [0.717, 1.165) is 30.8 Å². The van der Waals surface area contributed by atoms with Crippen LogP contribution in [0, 0.1) is 6.92 Å². The van der Waals surface area contributed by atoms with Gasteiger partial charge in [-0.1, -0.05) is 24.3 Å². The van der Waals surface area contributed by atoms with Gasteiger partial charge in [0.25, 0.3) is 0 Å². The van der Waals surface area contributed by atoms with Crippen LogP contribution in [0.5, 0.6) is 5.75 Å². The number of nitrogens with one attached hydrogen (secondary N) is 1. The molecule has 0 aliphatic heterocycles. The lowest BCUT2D eigenvalue weighted by atomic mass is 10.1. The zero-order valence-corrected chi connectivity index (χ0v) is 13.0. The number of rotatable bonds is 8. The van der Waals surface area contributed by atoms with E-state index in [1.165, 1.54) is 5.56 Å². The van der Waals surface area contributed by atoms with Crippen molar-refractivity contribution in [2.24, 2.45) is 7.05 Å². The number of ether oxygens (including phenoxy) is 1. The molecule has 0 aliphatic rings. The molecule has 0 bridgehead atoms. The number of likely N-dealkylation sites (N-methyl/N-ethyl adjacent to an activating group) is 1. The number of aromatic nitrogens is 3. The monoisotopic (exact) mass is 288 g/mol. The summed E-state index contributed by atoms with van der Waals surface area (Å²) in [7, 11) is 1.89. The van der Waals surface area contributed by atoms with Crippen molar-refractivity contribution >= 4 is 0 Å². The van der Waals surface area contributed by atoms with Crippen LogP contribution in [-0.4, -0.2) is 34.2 Å². The third-order valence-electron chi connectivity index (χ3n) is 3.32. The van der Waals surface area contributed by atoms with Gasteiger partial charge in [-0.3, -0.25) is 4.68 Å². The van der Waals surface area contributed by atoms with Crippen molar-refractivity contribution in [3.8, 4) is 5.75 Å². The summed E-state index contributed by atoms with van der Waals surface area (Å²) in [6.45, 7) is 5.82. The van der Waals surface area contributed by atoms with Crippen molar-refractivity contribution in [3.63, 3.8) is 0 Å². The molecule has 1 atom stereocenters. The van der Waals surface area contributed by atoms with E-state index in [1.54, 1.807) is 4.68 Å². The van der Waals surface area contributed by atoms with Crippen molar-refractivity contribution < 1.29 is 4.74 Å². The van der Waals surface area contributed by atoms with Crippen LogP contribution >= 0.6 is 0 Å². The molecule has 2 aromatic rings. The molecular formula is C16H24N4O. The zero-order chi connectivity index (χ0) is 15.1. The molecule has 1 N–H and O–H groups in total. The first-order valence-corrected chi connectivity index (χ1v) is 7.45. The number of hydrogen-bond acceptors (Lipinski definition) is 4. The third kappa shape index (κ3) is 5.19. The lowest BCUT2D eigenvalue weighted by Gasteiger charge is -2.17. The Bertz CT molecular complexity index is 553. The lowest BCUT2D eigenvalue weighted by molar-refractivity contribution is 0.285. The van der Waals surface area contributed by atoms with Crippen LogP contribution in [-0.2, 0) is 13.5 Å². The van der Waals surface area contributed by atoms with Crippen LogP contribution < -0.4 is 10.1 Å². The molecule has 0 fully saturated rings. The Kier molecular flexibility index (Phi) is 5.75. The van der Waals surface area contributed by atoms with Crippen molar-refractivity contribution in [3.05, 3.63) is 41.7 Å². The average Bonchev–Trinajstić information content (AvgIpc) is 2.84. The molecule has 0 aliphatic carbocycles. The Morgan fingerprint density at radius 3 is 2.90 bits per heavy atom. The molecular weight excluding hydrogens is 264 g/mol. The van der Waals surface area contributed by atoms with Gasteiger partial charge in [0, 0.05) is 25.7 Å². The molecule has 1 heterocycles. The Morgan fingerprint density at radius 1 is 1.38 bits per heavy atom. The van der Waals surface area contributed by atoms with E-state index in [0.29, 0.717) is 12.6 Å². The average molecular weight is 288 g/mol. The molecule has 5 nitrogen and oxygen atoms in total. The van der Waals surface area contributed by atoms with Crippen LogP contribution in [0.4, 0.5) is 0 Å². The summed E-state index contributed by atoms with van der Waals surface area (Å²) in [6.07, 6.45) is 3.78. The van der Waals surface area contributed by atoms with Crippen molar-refractivity contribution in [2.45, 2.75) is 32.7 Å². The molecule has 0 spiro atoms. The zero-order valence-electron chi connectivity index (χ0n) is 13.0. The van der Waals surface area contributed by atoms with E-state index >= 15 is 0 Å². The van der Waals surface area contributed by atoms with E-state index in [4.69, 9.17) is 4.74 Å². The number of nitrogens with zero attached hydrogens (tertiary/aromatic N) is 3. The van der Waals surface area contributed by atoms with Gasteiger partial charge in [0.05, 0.1) is 12.3 Å². The van der Waals surface area contributed by atoms with E-state index in [-0.39, 0.29) is 0 Å². The van der Waals surface area contributed by atoms with Gasteiger partial charge in [-0.25, -0.2) is 0 Å². The predicted octanol–water partition coefficient (Wildman–Crippen LogP) is 2.11. The molecule has 0 saturated heterocycles. The van der Waals surface area contributed by atoms with Gasteiger partial charge in [-0.15, -0.1) is 5.10 Å². The molecule has 1 aromatic carbocycles. The molecule has 2 rings (SSSR count). The summed E-state index contributed by atoms with van der Waals surface area (Å²) < 4.78 is 7.56. The largest absolute Gasteiger partial charge is 0.494 e. The van der Waals surface area contributed by atoms with Crippen LogP contribution in [0.25, 0.3) is 0 Å². The second kappa shape index (κ2) is 7.78. The maximum Gasteiger partial charge on any atom is 0.119 e. The molecule has 0 radical (unpaired) electrons. The SMILES string of the molecule is CCNC(CCOc1cccc(C)c1)Cc1cn(C)nn1. The smallest absolute Gasteiger partial charge is 0.119 e. The van der Waals surface area contributed by atoms with E-state index in [2.05, 4.69) is 41.6 Å². The summed E-state index contributed by atoms with van der Waals surface area (Å²) in [4.78, 5) is 0. The molecule has 1 unspecified atom stereocenters. The van der Waals surface area contributed by atoms with Gasteiger partial charge < -0.3 is 10.1 Å². The topological polar surface area (TPSA) is 52.0 Å². The van der Waals surface area contributed by atoms with E-state index < -0.39 is 0 Å². The van der Waals surface area contributed by atoms with E-state index in [9.17, 15) is 0 Å². The highest BCUT2D eigenvalue weighted by atomic mass is 16.5. The first-order valence-electron chi connectivity index (χ1n) is 7.45. The fourth-order valence-electron chi connectivity index (χ4n) is 2.33. The molecule has 0 amide bonds. The molecule has 21 heavy (non-hydrogen) atoms. The van der Waals surface area contributed by atoms with Gasteiger partial charge in [0.1, 0.15) is 5.75 Å². The molecule has 1 aromatic heterocycles. The van der Waals surface area contributed by atoms with Crippen molar-refractivity contribution in [1.29, 1.82) is 0 Å². The predicted molar refractivity (Wildman–Crippen MR) is 83.5 cm³/mol. The number of benzene rings is 1. The van der Waals surface area contributed by atoms with Crippen molar-refractivity contribution in [2.75, 3.05) is 13.2 Å². The molecule has 114 valence electrons. The molecule has 5 heteroatoms. The van der Waals surface area contributed by atoms with Gasteiger partial charge in [-0.05, 0) is 37.6 Å². The summed E-state index contributed by atoms with van der Waals surface area (Å²) in [5, 5.41) is 11.6. The van der Waals surface area contributed by atoms with Crippen LogP contribution in [0.2, 0.25) is 0 Å². The third-order valence-corrected chi connectivity index (χ3v) is 3.32. The first kappa shape index (κ1) is 15.5. The molecule has 0 saturated carbocycles. The highest BCUT2D eigenvalue weighted by Crippen LogP contribution is 2.13. The number of hydrogen-bond donors (Lipinski definition) is 1. The standard InChI is InChI=1S/C16H24N4O/c1-4-17-14(11-15-12-20(3)19-18-15)8-9-21-16-7-5-6-13(2)10-16/h5-7,10,12,14,17H,4,8-9,11H2,1-3H3. The fraction of sp³-hybridized carbons (Fsp3) is 0.500. The quantitative estimate of drug-likeness (QED) is 0.808.